The number of hydrogen-bond donors (Lipinski definition) is 1. The monoisotopic (exact) mass is 312 g/mol. The van der Waals surface area contributed by atoms with E-state index >= 15 is 0 Å². The summed E-state index contributed by atoms with van der Waals surface area (Å²) in [7, 11) is 1.39. The van der Waals surface area contributed by atoms with Crippen LogP contribution in [0.15, 0.2) is 41.9 Å². The van der Waals surface area contributed by atoms with Crippen LogP contribution in [0.5, 0.6) is 0 Å². The summed E-state index contributed by atoms with van der Waals surface area (Å²) in [6.07, 6.45) is 1.48. The number of fused-ring (bicyclic) bond motifs is 1. The minimum absolute atomic E-state index is 0.345. The molecule has 6 heteroatoms. The summed E-state index contributed by atoms with van der Waals surface area (Å²) in [4.78, 5) is 16.5. The van der Waals surface area contributed by atoms with Crippen molar-refractivity contribution >= 4 is 11.9 Å². The van der Waals surface area contributed by atoms with E-state index in [2.05, 4.69) is 41.4 Å². The molecule has 0 bridgehead atoms. The van der Waals surface area contributed by atoms with E-state index in [1.807, 2.05) is 19.1 Å². The fraction of sp³-hybridized carbons (Fsp3) is 0.353. The molecule has 0 saturated heterocycles. The predicted octanol–water partition coefficient (Wildman–Crippen LogP) is 2.86. The summed E-state index contributed by atoms with van der Waals surface area (Å²) in [5.74, 6) is 0.707. The van der Waals surface area contributed by atoms with Gasteiger partial charge in [-0.3, -0.25) is 0 Å². The Morgan fingerprint density at radius 2 is 2.00 bits per heavy atom. The molecule has 0 radical (unpaired) electrons. The van der Waals surface area contributed by atoms with Crippen molar-refractivity contribution in [3.05, 3.63) is 53.0 Å². The summed E-state index contributed by atoms with van der Waals surface area (Å²) >= 11 is 0. The zero-order chi connectivity index (χ0) is 16.6. The molecule has 0 spiro atoms. The van der Waals surface area contributed by atoms with Crippen molar-refractivity contribution in [2.75, 3.05) is 12.4 Å². The number of esters is 1. The Morgan fingerprint density at radius 3 is 2.61 bits per heavy atom. The van der Waals surface area contributed by atoms with Crippen LogP contribution < -0.4 is 5.32 Å². The van der Waals surface area contributed by atoms with E-state index in [-0.39, 0.29) is 12.0 Å². The number of hydrogen-bond acceptors (Lipinski definition) is 5. The van der Waals surface area contributed by atoms with Gasteiger partial charge in [-0.05, 0) is 24.0 Å². The first-order valence-corrected chi connectivity index (χ1v) is 7.58. The highest BCUT2D eigenvalue weighted by Gasteiger charge is 2.33. The van der Waals surface area contributed by atoms with Crippen LogP contribution in [0.2, 0.25) is 0 Å². The fourth-order valence-corrected chi connectivity index (χ4v) is 2.84. The Bertz CT molecular complexity index is 759. The number of nitrogens with one attached hydrogen (secondary N) is 1. The average Bonchev–Trinajstić information content (AvgIpc) is 3.00. The van der Waals surface area contributed by atoms with Gasteiger partial charge in [0.05, 0.1) is 12.7 Å². The van der Waals surface area contributed by atoms with Gasteiger partial charge in [0.2, 0.25) is 5.95 Å². The molecule has 1 aromatic carbocycles. The highest BCUT2D eigenvalue weighted by Crippen LogP contribution is 2.35. The largest absolute Gasteiger partial charge is 0.466 e. The van der Waals surface area contributed by atoms with Crippen LogP contribution in [-0.2, 0) is 9.53 Å². The van der Waals surface area contributed by atoms with Crippen molar-refractivity contribution in [3.63, 3.8) is 0 Å². The number of methoxy groups -OCH3 is 1. The van der Waals surface area contributed by atoms with Crippen molar-refractivity contribution in [3.8, 4) is 0 Å². The maximum Gasteiger partial charge on any atom is 0.338 e. The number of rotatable bonds is 3. The van der Waals surface area contributed by atoms with Crippen molar-refractivity contribution in [2.24, 2.45) is 0 Å². The molecule has 120 valence electrons. The summed E-state index contributed by atoms with van der Waals surface area (Å²) in [6.45, 7) is 6.15. The van der Waals surface area contributed by atoms with Gasteiger partial charge >= 0.3 is 5.97 Å². The first-order valence-electron chi connectivity index (χ1n) is 7.58. The molecule has 3 rings (SSSR count). The quantitative estimate of drug-likeness (QED) is 0.883. The molecular weight excluding hydrogens is 292 g/mol. The normalized spacial score (nSPS) is 17.0. The highest BCUT2D eigenvalue weighted by atomic mass is 16.5. The lowest BCUT2D eigenvalue weighted by Crippen LogP contribution is -2.29. The second kappa shape index (κ2) is 5.87. The summed E-state index contributed by atoms with van der Waals surface area (Å²) in [6, 6.07) is 7.90. The predicted molar refractivity (Wildman–Crippen MR) is 87.0 cm³/mol. The molecule has 23 heavy (non-hydrogen) atoms. The third kappa shape index (κ3) is 2.60. The smallest absolute Gasteiger partial charge is 0.338 e. The lowest BCUT2D eigenvalue weighted by atomic mass is 9.93. The van der Waals surface area contributed by atoms with Gasteiger partial charge in [-0.25, -0.2) is 9.48 Å². The van der Waals surface area contributed by atoms with Crippen molar-refractivity contribution < 1.29 is 9.53 Å². The van der Waals surface area contributed by atoms with E-state index in [9.17, 15) is 4.79 Å². The van der Waals surface area contributed by atoms with Crippen LogP contribution in [0.3, 0.4) is 0 Å². The molecule has 1 N–H and O–H groups in total. The molecule has 1 unspecified atom stereocenters. The van der Waals surface area contributed by atoms with E-state index in [0.29, 0.717) is 17.4 Å². The van der Waals surface area contributed by atoms with E-state index in [4.69, 9.17) is 4.74 Å². The molecule has 1 aliphatic rings. The Labute approximate surface area is 135 Å². The summed E-state index contributed by atoms with van der Waals surface area (Å²) in [5, 5.41) is 7.38. The van der Waals surface area contributed by atoms with E-state index < -0.39 is 0 Å². The number of allylic oxidation sites excluding steroid dienone is 1. The highest BCUT2D eigenvalue weighted by molar-refractivity contribution is 5.92. The molecule has 1 aromatic heterocycles. The number of aromatic nitrogens is 3. The second-order valence-electron chi connectivity index (χ2n) is 5.91. The molecule has 6 nitrogen and oxygen atoms in total. The molecule has 0 saturated carbocycles. The van der Waals surface area contributed by atoms with Crippen LogP contribution >= 0.6 is 0 Å². The van der Waals surface area contributed by atoms with E-state index in [1.165, 1.54) is 19.0 Å². The van der Waals surface area contributed by atoms with Crippen LogP contribution in [0.4, 0.5) is 5.95 Å². The SMILES string of the molecule is COC(=O)C1=C(C)Nc2ncnn2C1c1ccc(C(C)C)cc1. The van der Waals surface area contributed by atoms with Crippen molar-refractivity contribution in [1.82, 2.24) is 14.8 Å². The second-order valence-corrected chi connectivity index (χ2v) is 5.91. The lowest BCUT2D eigenvalue weighted by Gasteiger charge is -2.28. The zero-order valence-electron chi connectivity index (χ0n) is 13.7. The zero-order valence-corrected chi connectivity index (χ0v) is 13.7. The van der Waals surface area contributed by atoms with Gasteiger partial charge in [0.1, 0.15) is 12.4 Å². The third-order valence-corrected chi connectivity index (χ3v) is 4.12. The number of ether oxygens (including phenoxy) is 1. The van der Waals surface area contributed by atoms with Gasteiger partial charge < -0.3 is 10.1 Å². The standard InChI is InChI=1S/C17H20N4O2/c1-10(2)12-5-7-13(8-6-12)15-14(16(22)23-4)11(3)20-17-18-9-19-21(15)17/h5-10,15H,1-4H3,(H,18,19,20). The third-order valence-electron chi connectivity index (χ3n) is 4.12. The average molecular weight is 312 g/mol. The van der Waals surface area contributed by atoms with Gasteiger partial charge in [-0.2, -0.15) is 10.1 Å². The van der Waals surface area contributed by atoms with Gasteiger partial charge in [-0.1, -0.05) is 38.1 Å². The van der Waals surface area contributed by atoms with Gasteiger partial charge in [-0.15, -0.1) is 0 Å². The first-order chi connectivity index (χ1) is 11.0. The summed E-state index contributed by atoms with van der Waals surface area (Å²) < 4.78 is 6.68. The van der Waals surface area contributed by atoms with Crippen molar-refractivity contribution in [2.45, 2.75) is 32.7 Å². The van der Waals surface area contributed by atoms with Crippen LogP contribution in [0.1, 0.15) is 43.9 Å². The van der Waals surface area contributed by atoms with E-state index in [0.717, 1.165) is 11.3 Å². The molecular formula is C17H20N4O2. The van der Waals surface area contributed by atoms with Crippen molar-refractivity contribution in [1.29, 1.82) is 0 Å². The number of nitrogens with zero attached hydrogens (tertiary/aromatic N) is 3. The molecule has 2 aromatic rings. The maximum absolute atomic E-state index is 12.3. The minimum atomic E-state index is -0.367. The first kappa shape index (κ1) is 15.3. The molecule has 1 aliphatic heterocycles. The lowest BCUT2D eigenvalue weighted by molar-refractivity contribution is -0.136. The number of anilines is 1. The number of benzene rings is 1. The fourth-order valence-electron chi connectivity index (χ4n) is 2.84. The van der Waals surface area contributed by atoms with Crippen LogP contribution in [-0.4, -0.2) is 27.8 Å². The minimum Gasteiger partial charge on any atom is -0.466 e. The van der Waals surface area contributed by atoms with Gasteiger partial charge in [0, 0.05) is 5.70 Å². The summed E-state index contributed by atoms with van der Waals surface area (Å²) in [5.41, 5.74) is 3.50. The van der Waals surface area contributed by atoms with Crippen LogP contribution in [0.25, 0.3) is 0 Å². The Kier molecular flexibility index (Phi) is 3.90. The molecule has 0 amide bonds. The van der Waals surface area contributed by atoms with Gasteiger partial charge in [0.25, 0.3) is 0 Å². The van der Waals surface area contributed by atoms with Crippen LogP contribution in [0, 0.1) is 0 Å². The van der Waals surface area contributed by atoms with Gasteiger partial charge in [0.15, 0.2) is 0 Å². The Balaban J connectivity index is 2.11. The Hall–Kier alpha value is -2.63. The molecule has 0 fully saturated rings. The topological polar surface area (TPSA) is 69.0 Å². The molecule has 0 aliphatic carbocycles. The molecule has 1 atom stereocenters. The number of carbonyl (C=O) groups excluding carboxylic acids is 1. The van der Waals surface area contributed by atoms with E-state index in [1.54, 1.807) is 4.68 Å². The number of carbonyl (C=O) groups is 1. The Morgan fingerprint density at radius 1 is 1.30 bits per heavy atom. The maximum atomic E-state index is 12.3. The molecule has 2 heterocycles.